The second-order valence-electron chi connectivity index (χ2n) is 3.74. The summed E-state index contributed by atoms with van der Waals surface area (Å²) in [5.74, 6) is -1.19. The van der Waals surface area contributed by atoms with Crippen molar-refractivity contribution >= 4 is 16.7 Å². The first-order valence-electron chi connectivity index (χ1n) is 5.05. The van der Waals surface area contributed by atoms with E-state index in [1.54, 1.807) is 0 Å². The molecule has 0 aliphatic heterocycles. The molecule has 0 aromatic heterocycles. The molecule has 0 fully saturated rings. The Morgan fingerprint density at radius 1 is 1.12 bits per heavy atom. The van der Waals surface area contributed by atoms with E-state index in [-0.39, 0.29) is 6.42 Å². The third-order valence-electron chi connectivity index (χ3n) is 2.53. The quantitative estimate of drug-likeness (QED) is 0.822. The summed E-state index contributed by atoms with van der Waals surface area (Å²) in [5.41, 5.74) is 0.827. The van der Waals surface area contributed by atoms with Crippen LogP contribution in [0.15, 0.2) is 42.5 Å². The number of rotatable bonds is 3. The monoisotopic (exact) mass is 216 g/mol. The minimum atomic E-state index is -1.33. The minimum absolute atomic E-state index is 0.139. The van der Waals surface area contributed by atoms with Gasteiger partial charge in [0.2, 0.25) is 0 Å². The Hall–Kier alpha value is -1.87. The standard InChI is InChI=1S/C13H12O3/c14-12(13(15)16)8-9-5-6-10-3-1-2-4-11(10)7-9/h1-7,12,14H,8H2,(H,15,16). The third-order valence-corrected chi connectivity index (χ3v) is 2.53. The highest BCUT2D eigenvalue weighted by Crippen LogP contribution is 2.16. The van der Waals surface area contributed by atoms with E-state index in [0.29, 0.717) is 0 Å². The molecule has 2 N–H and O–H groups in total. The number of carbonyl (C=O) groups is 1. The van der Waals surface area contributed by atoms with Crippen molar-refractivity contribution in [3.8, 4) is 0 Å². The van der Waals surface area contributed by atoms with Crippen molar-refractivity contribution < 1.29 is 15.0 Å². The van der Waals surface area contributed by atoms with Crippen LogP contribution in [0.3, 0.4) is 0 Å². The molecule has 2 rings (SSSR count). The third kappa shape index (κ3) is 2.20. The molecule has 0 bridgehead atoms. The van der Waals surface area contributed by atoms with E-state index < -0.39 is 12.1 Å². The number of hydrogen-bond acceptors (Lipinski definition) is 2. The van der Waals surface area contributed by atoms with E-state index in [2.05, 4.69) is 0 Å². The SMILES string of the molecule is O=C(O)C(O)Cc1ccc2ccccc2c1. The molecule has 16 heavy (non-hydrogen) atoms. The molecule has 0 saturated heterocycles. The fourth-order valence-corrected chi connectivity index (χ4v) is 1.68. The summed E-state index contributed by atoms with van der Waals surface area (Å²) in [5, 5.41) is 20.0. The lowest BCUT2D eigenvalue weighted by Gasteiger charge is -2.06. The molecule has 3 heteroatoms. The van der Waals surface area contributed by atoms with E-state index in [4.69, 9.17) is 5.11 Å². The van der Waals surface area contributed by atoms with Crippen molar-refractivity contribution in [1.82, 2.24) is 0 Å². The number of fused-ring (bicyclic) bond motifs is 1. The van der Waals surface area contributed by atoms with Gasteiger partial charge in [0.25, 0.3) is 0 Å². The molecular formula is C13H12O3. The largest absolute Gasteiger partial charge is 0.479 e. The zero-order chi connectivity index (χ0) is 11.5. The van der Waals surface area contributed by atoms with Crippen LogP contribution in [0.25, 0.3) is 10.8 Å². The van der Waals surface area contributed by atoms with Gasteiger partial charge in [-0.05, 0) is 16.3 Å². The second-order valence-corrected chi connectivity index (χ2v) is 3.74. The average Bonchev–Trinajstić information content (AvgIpc) is 2.28. The van der Waals surface area contributed by atoms with Gasteiger partial charge >= 0.3 is 5.97 Å². The predicted octanol–water partition coefficient (Wildman–Crippen LogP) is 1.83. The first-order valence-corrected chi connectivity index (χ1v) is 5.05. The van der Waals surface area contributed by atoms with E-state index in [9.17, 15) is 9.90 Å². The lowest BCUT2D eigenvalue weighted by Crippen LogP contribution is -2.21. The summed E-state index contributed by atoms with van der Waals surface area (Å²) in [6.07, 6.45) is -1.19. The molecule has 0 aliphatic carbocycles. The van der Waals surface area contributed by atoms with Crippen molar-refractivity contribution in [3.63, 3.8) is 0 Å². The predicted molar refractivity (Wildman–Crippen MR) is 61.3 cm³/mol. The van der Waals surface area contributed by atoms with Gasteiger partial charge in [0.05, 0.1) is 0 Å². The molecule has 2 aromatic rings. The lowest BCUT2D eigenvalue weighted by molar-refractivity contribution is -0.146. The summed E-state index contributed by atoms with van der Waals surface area (Å²) < 4.78 is 0. The van der Waals surface area contributed by atoms with Gasteiger partial charge < -0.3 is 10.2 Å². The smallest absolute Gasteiger partial charge is 0.332 e. The number of carboxylic acid groups (broad SMARTS) is 1. The first-order chi connectivity index (χ1) is 7.66. The van der Waals surface area contributed by atoms with E-state index >= 15 is 0 Å². The Kier molecular flexibility index (Phi) is 2.88. The molecule has 0 radical (unpaired) electrons. The van der Waals surface area contributed by atoms with Crippen LogP contribution in [0.4, 0.5) is 0 Å². The van der Waals surface area contributed by atoms with Gasteiger partial charge in [0.15, 0.2) is 6.10 Å². The number of aliphatic hydroxyl groups excluding tert-OH is 1. The molecule has 1 unspecified atom stereocenters. The summed E-state index contributed by atoms with van der Waals surface area (Å²) in [6.45, 7) is 0. The number of aliphatic hydroxyl groups is 1. The van der Waals surface area contributed by atoms with Crippen molar-refractivity contribution in [1.29, 1.82) is 0 Å². The molecule has 0 heterocycles. The van der Waals surface area contributed by atoms with Crippen LogP contribution >= 0.6 is 0 Å². The lowest BCUT2D eigenvalue weighted by atomic mass is 10.0. The maximum absolute atomic E-state index is 10.5. The molecule has 1 atom stereocenters. The van der Waals surface area contributed by atoms with Gasteiger partial charge in [-0.3, -0.25) is 0 Å². The molecule has 3 nitrogen and oxygen atoms in total. The van der Waals surface area contributed by atoms with Crippen LogP contribution in [0.1, 0.15) is 5.56 Å². The molecule has 0 saturated carbocycles. The van der Waals surface area contributed by atoms with Gasteiger partial charge in [-0.15, -0.1) is 0 Å². The Morgan fingerprint density at radius 3 is 2.50 bits per heavy atom. The zero-order valence-corrected chi connectivity index (χ0v) is 8.63. The summed E-state index contributed by atoms with van der Waals surface area (Å²) >= 11 is 0. The van der Waals surface area contributed by atoms with Crippen LogP contribution in [-0.2, 0) is 11.2 Å². The van der Waals surface area contributed by atoms with E-state index in [1.165, 1.54) is 0 Å². The van der Waals surface area contributed by atoms with E-state index in [0.717, 1.165) is 16.3 Å². The fourth-order valence-electron chi connectivity index (χ4n) is 1.68. The van der Waals surface area contributed by atoms with Gasteiger partial charge in [-0.25, -0.2) is 4.79 Å². The normalized spacial score (nSPS) is 12.6. The maximum Gasteiger partial charge on any atom is 0.332 e. The molecule has 0 aliphatic rings. The zero-order valence-electron chi connectivity index (χ0n) is 8.63. The number of aliphatic carboxylic acids is 1. The van der Waals surface area contributed by atoms with Crippen molar-refractivity contribution in [2.24, 2.45) is 0 Å². The average molecular weight is 216 g/mol. The van der Waals surface area contributed by atoms with Gasteiger partial charge in [0.1, 0.15) is 0 Å². The highest BCUT2D eigenvalue weighted by Gasteiger charge is 2.13. The Balaban J connectivity index is 2.29. The highest BCUT2D eigenvalue weighted by atomic mass is 16.4. The van der Waals surface area contributed by atoms with Gasteiger partial charge in [-0.2, -0.15) is 0 Å². The Bertz CT molecular complexity index is 519. The second kappa shape index (κ2) is 4.33. The summed E-state index contributed by atoms with van der Waals surface area (Å²) in [4.78, 5) is 10.5. The van der Waals surface area contributed by atoms with Crippen molar-refractivity contribution in [2.45, 2.75) is 12.5 Å². The Morgan fingerprint density at radius 2 is 1.81 bits per heavy atom. The fraction of sp³-hybridized carbons (Fsp3) is 0.154. The number of hydrogen-bond donors (Lipinski definition) is 2. The minimum Gasteiger partial charge on any atom is -0.479 e. The molecule has 2 aromatic carbocycles. The van der Waals surface area contributed by atoms with E-state index in [1.807, 2.05) is 42.5 Å². The topological polar surface area (TPSA) is 57.5 Å². The summed E-state index contributed by atoms with van der Waals surface area (Å²) in [6, 6.07) is 13.5. The molecule has 0 spiro atoms. The number of benzene rings is 2. The van der Waals surface area contributed by atoms with Gasteiger partial charge in [-0.1, -0.05) is 42.5 Å². The summed E-state index contributed by atoms with van der Waals surface area (Å²) in [7, 11) is 0. The number of carboxylic acids is 1. The molecular weight excluding hydrogens is 204 g/mol. The highest BCUT2D eigenvalue weighted by molar-refractivity contribution is 5.83. The van der Waals surface area contributed by atoms with Crippen molar-refractivity contribution in [3.05, 3.63) is 48.0 Å². The van der Waals surface area contributed by atoms with Crippen LogP contribution in [0.5, 0.6) is 0 Å². The van der Waals surface area contributed by atoms with Gasteiger partial charge in [0, 0.05) is 6.42 Å². The maximum atomic E-state index is 10.5. The van der Waals surface area contributed by atoms with Crippen LogP contribution in [0, 0.1) is 0 Å². The van der Waals surface area contributed by atoms with Crippen LogP contribution < -0.4 is 0 Å². The Labute approximate surface area is 93.0 Å². The van der Waals surface area contributed by atoms with Crippen LogP contribution in [-0.4, -0.2) is 22.3 Å². The molecule has 0 amide bonds. The van der Waals surface area contributed by atoms with Crippen LogP contribution in [0.2, 0.25) is 0 Å². The first kappa shape index (κ1) is 10.6. The van der Waals surface area contributed by atoms with Crippen molar-refractivity contribution in [2.75, 3.05) is 0 Å². The molecule has 82 valence electrons.